The molecule has 1 aromatic carbocycles. The Labute approximate surface area is 116 Å². The zero-order valence-electron chi connectivity index (χ0n) is 10.3. The molecule has 20 heavy (non-hydrogen) atoms. The van der Waals surface area contributed by atoms with Gasteiger partial charge in [-0.05, 0) is 29.8 Å². The SMILES string of the molecule is N#CCc1ccc(S(=O)(=O)Nc2ncccc2O)cc1. The number of hydrogen-bond donors (Lipinski definition) is 2. The first-order valence-corrected chi connectivity index (χ1v) is 7.14. The average Bonchev–Trinajstić information content (AvgIpc) is 2.42. The summed E-state index contributed by atoms with van der Waals surface area (Å²) in [5, 5.41) is 18.1. The number of aromatic hydroxyl groups is 1. The minimum atomic E-state index is -3.82. The fraction of sp³-hybridized carbons (Fsp3) is 0.0769. The maximum Gasteiger partial charge on any atom is 0.263 e. The van der Waals surface area contributed by atoms with Crippen LogP contribution in [0, 0.1) is 11.3 Å². The fourth-order valence-electron chi connectivity index (χ4n) is 1.54. The fourth-order valence-corrected chi connectivity index (χ4v) is 2.56. The molecule has 0 saturated carbocycles. The first-order valence-electron chi connectivity index (χ1n) is 5.65. The van der Waals surface area contributed by atoms with E-state index in [9.17, 15) is 13.5 Å². The lowest BCUT2D eigenvalue weighted by atomic mass is 10.2. The Hall–Kier alpha value is -2.59. The molecule has 0 saturated heterocycles. The van der Waals surface area contributed by atoms with Crippen molar-refractivity contribution in [2.45, 2.75) is 11.3 Å². The van der Waals surface area contributed by atoms with Crippen LogP contribution in [-0.2, 0) is 16.4 Å². The number of hydrogen-bond acceptors (Lipinski definition) is 5. The second-order valence-electron chi connectivity index (χ2n) is 3.96. The van der Waals surface area contributed by atoms with Gasteiger partial charge in [0, 0.05) is 6.20 Å². The highest BCUT2D eigenvalue weighted by Gasteiger charge is 2.16. The largest absolute Gasteiger partial charge is 0.504 e. The van der Waals surface area contributed by atoms with E-state index in [0.717, 1.165) is 5.56 Å². The Kier molecular flexibility index (Phi) is 3.86. The van der Waals surface area contributed by atoms with Gasteiger partial charge in [-0.3, -0.25) is 4.72 Å². The summed E-state index contributed by atoms with van der Waals surface area (Å²) in [7, 11) is -3.82. The second-order valence-corrected chi connectivity index (χ2v) is 5.64. The number of aromatic nitrogens is 1. The van der Waals surface area contributed by atoms with E-state index in [-0.39, 0.29) is 22.9 Å². The van der Waals surface area contributed by atoms with Crippen LogP contribution in [0.15, 0.2) is 47.5 Å². The van der Waals surface area contributed by atoms with E-state index in [1.165, 1.54) is 30.5 Å². The molecule has 0 aliphatic heterocycles. The molecule has 2 rings (SSSR count). The lowest BCUT2D eigenvalue weighted by molar-refractivity contribution is 0.475. The molecular weight excluding hydrogens is 278 g/mol. The van der Waals surface area contributed by atoms with Crippen LogP contribution in [0.2, 0.25) is 0 Å². The van der Waals surface area contributed by atoms with Crippen LogP contribution in [0.1, 0.15) is 5.56 Å². The molecule has 0 fully saturated rings. The molecule has 0 amide bonds. The number of sulfonamides is 1. The third-order valence-electron chi connectivity index (χ3n) is 2.53. The van der Waals surface area contributed by atoms with Gasteiger partial charge in [-0.25, -0.2) is 13.4 Å². The molecule has 102 valence electrons. The number of rotatable bonds is 4. The van der Waals surface area contributed by atoms with Gasteiger partial charge in [-0.2, -0.15) is 5.26 Å². The number of nitrogens with zero attached hydrogens (tertiary/aromatic N) is 2. The maximum absolute atomic E-state index is 12.1. The minimum absolute atomic E-state index is 0.0317. The molecular formula is C13H11N3O3S. The summed E-state index contributed by atoms with van der Waals surface area (Å²) in [6, 6.07) is 10.7. The summed E-state index contributed by atoms with van der Waals surface area (Å²) in [5.74, 6) is -0.384. The monoisotopic (exact) mass is 289 g/mol. The van der Waals surface area contributed by atoms with Gasteiger partial charge < -0.3 is 5.11 Å². The topological polar surface area (TPSA) is 103 Å². The van der Waals surface area contributed by atoms with Crippen molar-refractivity contribution < 1.29 is 13.5 Å². The molecule has 0 aliphatic rings. The van der Waals surface area contributed by atoms with Crippen LogP contribution in [0.5, 0.6) is 5.75 Å². The lowest BCUT2D eigenvalue weighted by Crippen LogP contribution is -2.14. The van der Waals surface area contributed by atoms with Crippen LogP contribution in [0.3, 0.4) is 0 Å². The Bertz CT molecular complexity index is 749. The normalized spacial score (nSPS) is 10.8. The van der Waals surface area contributed by atoms with Crippen molar-refractivity contribution in [3.8, 4) is 11.8 Å². The highest BCUT2D eigenvalue weighted by Crippen LogP contribution is 2.22. The molecule has 2 N–H and O–H groups in total. The van der Waals surface area contributed by atoms with Crippen LogP contribution in [-0.4, -0.2) is 18.5 Å². The third-order valence-corrected chi connectivity index (χ3v) is 3.89. The van der Waals surface area contributed by atoms with E-state index in [0.29, 0.717) is 0 Å². The number of anilines is 1. The van der Waals surface area contributed by atoms with E-state index in [2.05, 4.69) is 9.71 Å². The summed E-state index contributed by atoms with van der Waals surface area (Å²) in [6.07, 6.45) is 1.59. The number of benzene rings is 1. The predicted octanol–water partition coefficient (Wildman–Crippen LogP) is 1.65. The van der Waals surface area contributed by atoms with Gasteiger partial charge in [-0.1, -0.05) is 12.1 Å². The van der Waals surface area contributed by atoms with Crippen LogP contribution in [0.4, 0.5) is 5.82 Å². The molecule has 0 radical (unpaired) electrons. The van der Waals surface area contributed by atoms with E-state index < -0.39 is 10.0 Å². The predicted molar refractivity (Wildman–Crippen MR) is 72.5 cm³/mol. The first-order chi connectivity index (χ1) is 9.53. The Morgan fingerprint density at radius 2 is 1.95 bits per heavy atom. The van der Waals surface area contributed by atoms with Crippen molar-refractivity contribution in [2.75, 3.05) is 4.72 Å². The second kappa shape index (κ2) is 5.59. The van der Waals surface area contributed by atoms with E-state index >= 15 is 0 Å². The number of pyridine rings is 1. The van der Waals surface area contributed by atoms with Crippen LogP contribution < -0.4 is 4.72 Å². The molecule has 0 bridgehead atoms. The first kappa shape index (κ1) is 13.8. The molecule has 0 atom stereocenters. The van der Waals surface area contributed by atoms with Crippen LogP contribution in [0.25, 0.3) is 0 Å². The summed E-state index contributed by atoms with van der Waals surface area (Å²) in [5.41, 5.74) is 0.729. The molecule has 0 spiro atoms. The summed E-state index contributed by atoms with van der Waals surface area (Å²) < 4.78 is 26.4. The molecule has 7 heteroatoms. The molecule has 0 aliphatic carbocycles. The maximum atomic E-state index is 12.1. The average molecular weight is 289 g/mol. The van der Waals surface area contributed by atoms with Crippen molar-refractivity contribution in [1.82, 2.24) is 4.98 Å². The van der Waals surface area contributed by atoms with Gasteiger partial charge in [0.25, 0.3) is 10.0 Å². The Morgan fingerprint density at radius 3 is 2.55 bits per heavy atom. The molecule has 1 heterocycles. The molecule has 2 aromatic rings. The van der Waals surface area contributed by atoms with Gasteiger partial charge >= 0.3 is 0 Å². The van der Waals surface area contributed by atoms with E-state index in [1.54, 1.807) is 12.1 Å². The van der Waals surface area contributed by atoms with Crippen molar-refractivity contribution in [2.24, 2.45) is 0 Å². The summed E-state index contributed by atoms with van der Waals surface area (Å²) in [4.78, 5) is 3.78. The smallest absolute Gasteiger partial charge is 0.263 e. The summed E-state index contributed by atoms with van der Waals surface area (Å²) >= 11 is 0. The van der Waals surface area contributed by atoms with Gasteiger partial charge in [-0.15, -0.1) is 0 Å². The lowest BCUT2D eigenvalue weighted by Gasteiger charge is -2.08. The van der Waals surface area contributed by atoms with E-state index in [1.807, 2.05) is 6.07 Å². The van der Waals surface area contributed by atoms with Crippen molar-refractivity contribution >= 4 is 15.8 Å². The van der Waals surface area contributed by atoms with Gasteiger partial charge in [0.2, 0.25) is 0 Å². The summed E-state index contributed by atoms with van der Waals surface area (Å²) in [6.45, 7) is 0. The van der Waals surface area contributed by atoms with E-state index in [4.69, 9.17) is 5.26 Å². The van der Waals surface area contributed by atoms with Gasteiger partial charge in [0.05, 0.1) is 17.4 Å². The third kappa shape index (κ3) is 3.05. The quantitative estimate of drug-likeness (QED) is 0.890. The highest BCUT2D eigenvalue weighted by molar-refractivity contribution is 7.92. The Morgan fingerprint density at radius 1 is 1.25 bits per heavy atom. The highest BCUT2D eigenvalue weighted by atomic mass is 32.2. The zero-order chi connectivity index (χ0) is 14.6. The number of nitriles is 1. The van der Waals surface area contributed by atoms with Crippen LogP contribution >= 0.6 is 0 Å². The molecule has 0 unspecified atom stereocenters. The van der Waals surface area contributed by atoms with Gasteiger partial charge in [0.15, 0.2) is 11.6 Å². The standard InChI is InChI=1S/C13H11N3O3S/c14-8-7-10-3-5-11(6-4-10)20(18,19)16-13-12(17)2-1-9-15-13/h1-6,9,17H,7H2,(H,15,16). The molecule has 6 nitrogen and oxygen atoms in total. The molecule has 1 aromatic heterocycles. The van der Waals surface area contributed by atoms with Crippen molar-refractivity contribution in [3.63, 3.8) is 0 Å². The Balaban J connectivity index is 2.27. The minimum Gasteiger partial charge on any atom is -0.504 e. The van der Waals surface area contributed by atoms with Gasteiger partial charge in [0.1, 0.15) is 0 Å². The van der Waals surface area contributed by atoms with Crippen molar-refractivity contribution in [1.29, 1.82) is 5.26 Å². The number of nitrogens with one attached hydrogen (secondary N) is 1. The zero-order valence-corrected chi connectivity index (χ0v) is 11.1. The van der Waals surface area contributed by atoms with Crippen molar-refractivity contribution in [3.05, 3.63) is 48.2 Å².